The number of ether oxygens (including phenoxy) is 1. The van der Waals surface area contributed by atoms with E-state index in [-0.39, 0.29) is 0 Å². The van der Waals surface area contributed by atoms with Crippen molar-refractivity contribution in [1.29, 1.82) is 0 Å². The first-order valence-corrected chi connectivity index (χ1v) is 6.66. The summed E-state index contributed by atoms with van der Waals surface area (Å²) in [6, 6.07) is 12.3. The summed E-state index contributed by atoms with van der Waals surface area (Å²) in [7, 11) is 1.98. The number of nitrogens with one attached hydrogen (secondary N) is 1. The van der Waals surface area contributed by atoms with E-state index in [9.17, 15) is 0 Å². The molecule has 1 aliphatic heterocycles. The molecular weight excluding hydrogens is 236 g/mol. The minimum absolute atomic E-state index is 0.351. The van der Waals surface area contributed by atoms with E-state index in [1.54, 1.807) is 0 Å². The Morgan fingerprint density at radius 3 is 2.89 bits per heavy atom. The van der Waals surface area contributed by atoms with Gasteiger partial charge in [0.05, 0.1) is 5.69 Å². The number of hydrogen-bond donors (Lipinski definition) is 1. The van der Waals surface area contributed by atoms with Crippen LogP contribution in [0.5, 0.6) is 11.5 Å². The smallest absolute Gasteiger partial charge is 0.149 e. The summed E-state index contributed by atoms with van der Waals surface area (Å²) in [5.74, 6) is 2.19. The maximum Gasteiger partial charge on any atom is 0.149 e. The highest BCUT2D eigenvalue weighted by Crippen LogP contribution is 2.37. The largest absolute Gasteiger partial charge is 0.455 e. The Labute approximate surface area is 113 Å². The number of aryl methyl sites for hydroxylation is 1. The van der Waals surface area contributed by atoms with Gasteiger partial charge in [0.2, 0.25) is 0 Å². The van der Waals surface area contributed by atoms with Crippen molar-refractivity contribution in [2.24, 2.45) is 0 Å². The molecular formula is C16H18N2O. The molecule has 0 saturated carbocycles. The molecule has 3 rings (SSSR count). The van der Waals surface area contributed by atoms with E-state index >= 15 is 0 Å². The zero-order chi connectivity index (χ0) is 13.2. The van der Waals surface area contributed by atoms with Crippen molar-refractivity contribution < 1.29 is 4.74 Å². The Kier molecular flexibility index (Phi) is 3.22. The Morgan fingerprint density at radius 2 is 2.05 bits per heavy atom. The summed E-state index contributed by atoms with van der Waals surface area (Å²) >= 11 is 0. The van der Waals surface area contributed by atoms with Gasteiger partial charge in [-0.25, -0.2) is 0 Å². The van der Waals surface area contributed by atoms with Gasteiger partial charge in [0.1, 0.15) is 11.5 Å². The molecule has 0 saturated heterocycles. The first kappa shape index (κ1) is 12.2. The van der Waals surface area contributed by atoms with Gasteiger partial charge in [0.15, 0.2) is 0 Å². The second-order valence-electron chi connectivity index (χ2n) is 5.00. The summed E-state index contributed by atoms with van der Waals surface area (Å²) in [4.78, 5) is 4.69. The van der Waals surface area contributed by atoms with Crippen molar-refractivity contribution in [2.75, 3.05) is 13.6 Å². The van der Waals surface area contributed by atoms with Crippen LogP contribution in [0.2, 0.25) is 0 Å². The number of aromatic nitrogens is 1. The van der Waals surface area contributed by atoms with Crippen LogP contribution < -0.4 is 10.1 Å². The predicted molar refractivity (Wildman–Crippen MR) is 75.9 cm³/mol. The summed E-state index contributed by atoms with van der Waals surface area (Å²) in [6.45, 7) is 2.93. The molecule has 0 spiro atoms. The number of pyridine rings is 1. The molecule has 98 valence electrons. The number of para-hydroxylation sites is 1. The third-order valence-corrected chi connectivity index (χ3v) is 3.52. The van der Waals surface area contributed by atoms with Crippen LogP contribution in [-0.2, 0) is 6.42 Å². The van der Waals surface area contributed by atoms with Crippen LogP contribution in [-0.4, -0.2) is 18.6 Å². The molecule has 0 fully saturated rings. The average Bonchev–Trinajstić information content (AvgIpc) is 2.56. The second-order valence-corrected chi connectivity index (χ2v) is 5.00. The Balaban J connectivity index is 2.10. The van der Waals surface area contributed by atoms with Gasteiger partial charge < -0.3 is 10.1 Å². The summed E-state index contributed by atoms with van der Waals surface area (Å²) in [6.07, 6.45) is 0.959. The summed E-state index contributed by atoms with van der Waals surface area (Å²) in [5.41, 5.74) is 3.35. The molecule has 2 aromatic rings. The predicted octanol–water partition coefficient (Wildman–Crippen LogP) is 3.04. The topological polar surface area (TPSA) is 34.1 Å². The van der Waals surface area contributed by atoms with E-state index in [4.69, 9.17) is 9.72 Å². The maximum atomic E-state index is 6.04. The molecule has 2 heterocycles. The van der Waals surface area contributed by atoms with Gasteiger partial charge in [-0.2, -0.15) is 0 Å². The SMILES string of the molecule is CNCC1Cc2ccccc2Oc2ccc(C)nc21. The van der Waals surface area contributed by atoms with Crippen LogP contribution in [0.3, 0.4) is 0 Å². The van der Waals surface area contributed by atoms with E-state index in [0.29, 0.717) is 5.92 Å². The van der Waals surface area contributed by atoms with Crippen molar-refractivity contribution in [2.45, 2.75) is 19.3 Å². The highest BCUT2D eigenvalue weighted by atomic mass is 16.5. The van der Waals surface area contributed by atoms with Gasteiger partial charge in [-0.05, 0) is 44.2 Å². The fourth-order valence-electron chi connectivity index (χ4n) is 2.61. The minimum atomic E-state index is 0.351. The van der Waals surface area contributed by atoms with Crippen LogP contribution in [0.1, 0.15) is 22.9 Å². The molecule has 0 radical (unpaired) electrons. The van der Waals surface area contributed by atoms with Crippen molar-refractivity contribution in [1.82, 2.24) is 10.3 Å². The Bertz CT molecular complexity index is 595. The molecule has 3 heteroatoms. The zero-order valence-electron chi connectivity index (χ0n) is 11.3. The van der Waals surface area contributed by atoms with Crippen molar-refractivity contribution >= 4 is 0 Å². The van der Waals surface area contributed by atoms with Gasteiger partial charge in [0.25, 0.3) is 0 Å². The quantitative estimate of drug-likeness (QED) is 0.894. The van der Waals surface area contributed by atoms with Gasteiger partial charge >= 0.3 is 0 Å². The fraction of sp³-hybridized carbons (Fsp3) is 0.312. The van der Waals surface area contributed by atoms with Crippen molar-refractivity contribution in [3.63, 3.8) is 0 Å². The molecule has 1 unspecified atom stereocenters. The van der Waals surface area contributed by atoms with E-state index in [2.05, 4.69) is 17.4 Å². The Morgan fingerprint density at radius 1 is 1.21 bits per heavy atom. The molecule has 19 heavy (non-hydrogen) atoms. The van der Waals surface area contributed by atoms with E-state index in [1.165, 1.54) is 5.56 Å². The molecule has 1 N–H and O–H groups in total. The van der Waals surface area contributed by atoms with Crippen LogP contribution in [0.4, 0.5) is 0 Å². The molecule has 0 amide bonds. The molecule has 1 atom stereocenters. The van der Waals surface area contributed by atoms with Gasteiger partial charge in [0, 0.05) is 18.2 Å². The summed E-state index contributed by atoms with van der Waals surface area (Å²) < 4.78 is 6.04. The van der Waals surface area contributed by atoms with Crippen LogP contribution in [0.15, 0.2) is 36.4 Å². The molecule has 1 aliphatic rings. The minimum Gasteiger partial charge on any atom is -0.455 e. The Hall–Kier alpha value is -1.87. The van der Waals surface area contributed by atoms with E-state index in [0.717, 1.165) is 35.9 Å². The lowest BCUT2D eigenvalue weighted by atomic mass is 9.95. The highest BCUT2D eigenvalue weighted by molar-refractivity contribution is 5.45. The molecule has 1 aromatic carbocycles. The lowest BCUT2D eigenvalue weighted by molar-refractivity contribution is 0.473. The number of rotatable bonds is 2. The number of hydrogen-bond acceptors (Lipinski definition) is 3. The molecule has 1 aromatic heterocycles. The number of benzene rings is 1. The zero-order valence-corrected chi connectivity index (χ0v) is 11.3. The summed E-state index contributed by atoms with van der Waals surface area (Å²) in [5, 5.41) is 3.26. The van der Waals surface area contributed by atoms with Crippen molar-refractivity contribution in [3.05, 3.63) is 53.3 Å². The van der Waals surface area contributed by atoms with Crippen LogP contribution >= 0.6 is 0 Å². The number of fused-ring (bicyclic) bond motifs is 2. The average molecular weight is 254 g/mol. The van der Waals surface area contributed by atoms with Gasteiger partial charge in [-0.1, -0.05) is 18.2 Å². The molecule has 0 aliphatic carbocycles. The van der Waals surface area contributed by atoms with E-state index < -0.39 is 0 Å². The third-order valence-electron chi connectivity index (χ3n) is 3.52. The van der Waals surface area contributed by atoms with E-state index in [1.807, 2.05) is 38.2 Å². The van der Waals surface area contributed by atoms with Crippen LogP contribution in [0, 0.1) is 6.92 Å². The third kappa shape index (κ3) is 2.34. The first-order chi connectivity index (χ1) is 9.28. The lowest BCUT2D eigenvalue weighted by Gasteiger charge is -2.15. The normalized spacial score (nSPS) is 17.1. The fourth-order valence-corrected chi connectivity index (χ4v) is 2.61. The molecule has 3 nitrogen and oxygen atoms in total. The van der Waals surface area contributed by atoms with Gasteiger partial charge in [-0.3, -0.25) is 4.98 Å². The van der Waals surface area contributed by atoms with Gasteiger partial charge in [-0.15, -0.1) is 0 Å². The number of nitrogens with zero attached hydrogens (tertiary/aromatic N) is 1. The molecule has 0 bridgehead atoms. The first-order valence-electron chi connectivity index (χ1n) is 6.66. The number of likely N-dealkylation sites (N-methyl/N-ethyl adjacent to an activating group) is 1. The second kappa shape index (κ2) is 5.02. The lowest BCUT2D eigenvalue weighted by Crippen LogP contribution is -2.19. The highest BCUT2D eigenvalue weighted by Gasteiger charge is 2.24. The maximum absolute atomic E-state index is 6.04. The van der Waals surface area contributed by atoms with Crippen molar-refractivity contribution in [3.8, 4) is 11.5 Å². The van der Waals surface area contributed by atoms with Crippen LogP contribution in [0.25, 0.3) is 0 Å². The monoisotopic (exact) mass is 254 g/mol. The standard InChI is InChI=1S/C16H18N2O/c1-11-7-8-15-16(18-11)13(10-17-2)9-12-5-3-4-6-14(12)19-15/h3-8,13,17H,9-10H2,1-2H3.